The van der Waals surface area contributed by atoms with Crippen molar-refractivity contribution in [3.8, 4) is 0 Å². The lowest BCUT2D eigenvalue weighted by Gasteiger charge is -2.04. The zero-order valence-corrected chi connectivity index (χ0v) is 25.3. The third-order valence-corrected chi connectivity index (χ3v) is 3.79. The van der Waals surface area contributed by atoms with E-state index < -0.39 is 0 Å². The molecular weight excluding hydrogens is 553 g/mol. The van der Waals surface area contributed by atoms with Crippen LogP contribution in [0.2, 0.25) is 0 Å². The van der Waals surface area contributed by atoms with E-state index >= 15 is 0 Å². The van der Waals surface area contributed by atoms with Crippen LogP contribution < -0.4 is 33.8 Å². The molecule has 37 heavy (non-hydrogen) atoms. The summed E-state index contributed by atoms with van der Waals surface area (Å²) in [5, 5.41) is 8.56. The van der Waals surface area contributed by atoms with Crippen LogP contribution in [0.5, 0.6) is 0 Å². The predicted molar refractivity (Wildman–Crippen MR) is 171 cm³/mol. The summed E-state index contributed by atoms with van der Waals surface area (Å²) >= 11 is 19.0. The summed E-state index contributed by atoms with van der Waals surface area (Å²) in [6, 6.07) is 0. The molecule has 0 rings (SSSR count). The van der Waals surface area contributed by atoms with Gasteiger partial charge in [0.2, 0.25) is 5.11 Å². The van der Waals surface area contributed by atoms with Gasteiger partial charge >= 0.3 is 0 Å². The molecule has 12 nitrogen and oxygen atoms in total. The second-order valence-electron chi connectivity index (χ2n) is 7.56. The van der Waals surface area contributed by atoms with Gasteiger partial charge < -0.3 is 22.9 Å². The van der Waals surface area contributed by atoms with E-state index in [2.05, 4.69) is 55.5 Å². The number of nitrogens with two attached hydrogens (primary N) is 4. The summed E-state index contributed by atoms with van der Waals surface area (Å²) in [7, 11) is 0. The molecule has 0 aromatic rings. The Hall–Kier alpha value is -2.66. The molecular formula is C21H38N10O2S4. The molecule has 10 N–H and O–H groups in total. The highest BCUT2D eigenvalue weighted by Crippen LogP contribution is 1.94. The van der Waals surface area contributed by atoms with Gasteiger partial charge in [-0.3, -0.25) is 25.4 Å². The number of nitrogens with zero attached hydrogens (tertiary/aromatic N) is 4. The number of carbonyl (C=O) groups excluding carboxylic acids is 2. The lowest BCUT2D eigenvalue weighted by molar-refractivity contribution is -0.124. The second-order valence-corrected chi connectivity index (χ2v) is 9.43. The number of carbonyl (C=O) groups is 2. The molecule has 0 fully saturated rings. The molecule has 0 aromatic heterocycles. The second kappa shape index (κ2) is 23.7. The van der Waals surface area contributed by atoms with Gasteiger partial charge in [0.15, 0.2) is 5.11 Å². The normalized spacial score (nSPS) is 11.6. The highest BCUT2D eigenvalue weighted by atomic mass is 32.1. The Kier molecular flexibility index (Phi) is 24.9. The molecule has 0 saturated carbocycles. The fraction of sp³-hybridized carbons (Fsp3) is 0.524. The first kappa shape index (κ1) is 38.9. The highest BCUT2D eigenvalue weighted by molar-refractivity contribution is 7.80. The maximum atomic E-state index is 10.0. The molecule has 0 aliphatic heterocycles. The van der Waals surface area contributed by atoms with Crippen LogP contribution >= 0.6 is 48.9 Å². The Morgan fingerprint density at radius 2 is 1.11 bits per heavy atom. The topological polar surface area (TPSA) is 212 Å². The molecule has 16 heteroatoms. The lowest BCUT2D eigenvalue weighted by atomic mass is 10.2. The van der Waals surface area contributed by atoms with Crippen LogP contribution in [-0.4, -0.2) is 67.7 Å². The van der Waals surface area contributed by atoms with Gasteiger partial charge in [-0.1, -0.05) is 24.4 Å². The van der Waals surface area contributed by atoms with Crippen molar-refractivity contribution in [2.75, 3.05) is 13.1 Å². The van der Waals surface area contributed by atoms with Crippen molar-refractivity contribution in [1.29, 1.82) is 0 Å². The van der Waals surface area contributed by atoms with Crippen LogP contribution in [0.3, 0.4) is 0 Å². The molecule has 0 saturated heterocycles. The number of nitrogens with one attached hydrogen (secondary N) is 2. The zero-order chi connectivity index (χ0) is 29.6. The Bertz CT molecular complexity index is 932. The minimum atomic E-state index is -0.0625. The van der Waals surface area contributed by atoms with Crippen LogP contribution in [0.25, 0.3) is 0 Å². The first-order chi connectivity index (χ1) is 17.0. The van der Waals surface area contributed by atoms with Crippen molar-refractivity contribution >= 4 is 103 Å². The molecule has 0 aliphatic carbocycles. The van der Waals surface area contributed by atoms with E-state index in [-0.39, 0.29) is 28.2 Å². The van der Waals surface area contributed by atoms with E-state index in [1.54, 1.807) is 0 Å². The van der Waals surface area contributed by atoms with Crippen molar-refractivity contribution < 1.29 is 9.59 Å². The summed E-state index contributed by atoms with van der Waals surface area (Å²) in [6.07, 6.45) is 1.21. The first-order valence-electron chi connectivity index (χ1n) is 10.7. The first-order valence-corrected chi connectivity index (χ1v) is 12.3. The molecule has 208 valence electrons. The lowest BCUT2D eigenvalue weighted by Crippen LogP contribution is -2.25. The van der Waals surface area contributed by atoms with Crippen molar-refractivity contribution in [3.63, 3.8) is 0 Å². The van der Waals surface area contributed by atoms with E-state index in [9.17, 15) is 9.59 Å². The number of hydrogen-bond acceptors (Lipinski definition) is 10. The largest absolute Gasteiger partial charge is 0.392 e. The number of hydrogen-bond donors (Lipinski definition) is 6. The minimum absolute atomic E-state index is 0.0625. The van der Waals surface area contributed by atoms with Gasteiger partial charge in [-0.15, -0.1) is 0 Å². The maximum Gasteiger partial charge on any atom is 0.213 e. The van der Waals surface area contributed by atoms with Crippen molar-refractivity contribution in [2.24, 2.45) is 43.1 Å². The highest BCUT2D eigenvalue weighted by Gasteiger charge is 2.00. The van der Waals surface area contributed by atoms with Gasteiger partial charge in [0, 0.05) is 42.2 Å². The number of thiocarbonyl (C=S) groups is 4. The molecule has 0 spiro atoms. The van der Waals surface area contributed by atoms with E-state index in [4.69, 9.17) is 47.4 Å². The molecule has 0 aromatic carbocycles. The number of rotatable bonds is 11. The van der Waals surface area contributed by atoms with Crippen LogP contribution in [0.15, 0.2) is 20.2 Å². The van der Waals surface area contributed by atoms with Crippen molar-refractivity contribution in [3.05, 3.63) is 0 Å². The van der Waals surface area contributed by atoms with Crippen molar-refractivity contribution in [1.82, 2.24) is 10.9 Å². The van der Waals surface area contributed by atoms with Crippen LogP contribution in [0.1, 0.15) is 60.8 Å². The van der Waals surface area contributed by atoms with Crippen LogP contribution in [-0.2, 0) is 9.59 Å². The van der Waals surface area contributed by atoms with Gasteiger partial charge in [-0.2, -0.15) is 10.2 Å². The van der Waals surface area contributed by atoms with Gasteiger partial charge in [-0.25, -0.2) is 4.99 Å². The van der Waals surface area contributed by atoms with Crippen LogP contribution in [0.4, 0.5) is 0 Å². The van der Waals surface area contributed by atoms with Gasteiger partial charge in [0.05, 0.1) is 22.9 Å². The molecule has 0 heterocycles. The smallest absolute Gasteiger partial charge is 0.213 e. The number of Topliss-reactive ketones (excluding diaryl/α,β-unsaturated/α-hetero) is 2. The Morgan fingerprint density at radius 1 is 0.676 bits per heavy atom. The summed E-state index contributed by atoms with van der Waals surface area (Å²) in [5.41, 5.74) is 29.0. The fourth-order valence-corrected chi connectivity index (χ4v) is 2.28. The van der Waals surface area contributed by atoms with Crippen molar-refractivity contribution in [2.45, 2.75) is 60.8 Å². The molecule has 0 atom stereocenters. The fourth-order valence-electron chi connectivity index (χ4n) is 1.97. The predicted octanol–water partition coefficient (Wildman–Crippen LogP) is 1.22. The molecule has 0 amide bonds. The molecule has 0 radical (unpaired) electrons. The van der Waals surface area contributed by atoms with Crippen LogP contribution in [0, 0.1) is 0 Å². The quantitative estimate of drug-likeness (QED) is 0.0867. The number of aliphatic imine (C=N–C) groups is 2. The molecule has 0 aliphatic rings. The average molecular weight is 591 g/mol. The SMILES string of the molecule is CC(=O)CC(C)=O.CC(CC(C)=NC(=S)N/N=C(\C)C/C(C)=N/NC(N)=S)=NCC(N)=S.NCC(N)=S. The van der Waals surface area contributed by atoms with E-state index in [1.165, 1.54) is 13.8 Å². The Labute approximate surface area is 240 Å². The third kappa shape index (κ3) is 35.6. The number of hydrazone groups is 2. The average Bonchev–Trinajstić information content (AvgIpc) is 2.74. The van der Waals surface area contributed by atoms with Gasteiger partial charge in [0.25, 0.3) is 0 Å². The molecule has 0 unspecified atom stereocenters. The van der Waals surface area contributed by atoms with E-state index in [1.807, 2.05) is 27.7 Å². The Balaban J connectivity index is -0.000000790. The van der Waals surface area contributed by atoms with E-state index in [0.717, 1.165) is 22.8 Å². The summed E-state index contributed by atoms with van der Waals surface area (Å²) in [5.74, 6) is -0.125. The summed E-state index contributed by atoms with van der Waals surface area (Å²) < 4.78 is 0. The third-order valence-electron chi connectivity index (χ3n) is 3.22. The van der Waals surface area contributed by atoms with Gasteiger partial charge in [0.1, 0.15) is 11.6 Å². The maximum absolute atomic E-state index is 10.0. The summed E-state index contributed by atoms with van der Waals surface area (Å²) in [4.78, 5) is 29.3. The minimum Gasteiger partial charge on any atom is -0.392 e. The monoisotopic (exact) mass is 590 g/mol. The number of ketones is 2. The van der Waals surface area contributed by atoms with Gasteiger partial charge in [-0.05, 0) is 66.0 Å². The Morgan fingerprint density at radius 3 is 1.46 bits per heavy atom. The zero-order valence-electron chi connectivity index (χ0n) is 22.1. The summed E-state index contributed by atoms with van der Waals surface area (Å²) in [6.45, 7) is 10.9. The van der Waals surface area contributed by atoms with E-state index in [0.29, 0.717) is 35.9 Å². The molecule has 0 bridgehead atoms. The standard InChI is InChI=1S/C14H24N8S3.C5H8O2.C2H6N2S/c1-8(17-7-12(15)23)5-9(2)18-14(25)22-20-11(4)6-10(3)19-21-13(16)24;1-4(6)3-5(2)7;3-1-2(4)5/h5-7H2,1-4H3,(H2,15,23)(H,22,25)(H3,16,21,24);3H2,1-2H3;1,3H2,(H2,4,5)/b17-8?,18-9?,19-10+,20-11+;;.